The summed E-state index contributed by atoms with van der Waals surface area (Å²) in [5.41, 5.74) is 5.07. The maximum atomic E-state index is 13.9. The molecule has 2 amide bonds. The van der Waals surface area contributed by atoms with E-state index in [1.165, 1.54) is 41.7 Å². The Balaban J connectivity index is 1.71. The molecule has 1 aromatic carbocycles. The summed E-state index contributed by atoms with van der Waals surface area (Å²) in [5, 5.41) is 14.2. The van der Waals surface area contributed by atoms with Crippen molar-refractivity contribution in [3.63, 3.8) is 0 Å². The summed E-state index contributed by atoms with van der Waals surface area (Å²) < 4.78 is 47.5. The molecule has 1 aliphatic heterocycles. The Morgan fingerprint density at radius 1 is 1.29 bits per heavy atom. The molecule has 1 aliphatic rings. The molecule has 0 atom stereocenters. The maximum Gasteiger partial charge on any atom is 0.416 e. The number of benzene rings is 1. The quantitative estimate of drug-likeness (QED) is 0.362. The zero-order valence-corrected chi connectivity index (χ0v) is 21.4. The Kier molecular flexibility index (Phi) is 9.28. The molecule has 0 bridgehead atoms. The third-order valence-corrected chi connectivity index (χ3v) is 5.35. The van der Waals surface area contributed by atoms with E-state index < -0.39 is 17.8 Å². The minimum atomic E-state index is -4.65. The van der Waals surface area contributed by atoms with E-state index in [1.807, 2.05) is 20.8 Å². The predicted molar refractivity (Wildman–Crippen MR) is 137 cm³/mol. The molecule has 0 radical (unpaired) electrons. The van der Waals surface area contributed by atoms with Crippen LogP contribution in [0.2, 0.25) is 0 Å². The van der Waals surface area contributed by atoms with Gasteiger partial charge in [-0.3, -0.25) is 4.99 Å². The van der Waals surface area contributed by atoms with Gasteiger partial charge in [0.1, 0.15) is 0 Å². The number of hydrogen-bond acceptors (Lipinski definition) is 8. The van der Waals surface area contributed by atoms with E-state index in [0.717, 1.165) is 6.07 Å². The van der Waals surface area contributed by atoms with Crippen LogP contribution in [0.4, 0.5) is 23.9 Å². The molecule has 1 aromatic heterocycles. The monoisotopic (exact) mass is 535 g/mol. The van der Waals surface area contributed by atoms with Gasteiger partial charge in [-0.1, -0.05) is 12.1 Å². The molecule has 2 heterocycles. The number of ether oxygens (including phenoxy) is 1. The normalized spacial score (nSPS) is 15.0. The summed E-state index contributed by atoms with van der Waals surface area (Å²) in [6.07, 6.45) is -0.739. The maximum absolute atomic E-state index is 13.9. The zero-order valence-electron chi connectivity index (χ0n) is 21.4. The lowest BCUT2D eigenvalue weighted by atomic mass is 10.0. The lowest BCUT2D eigenvalue weighted by Gasteiger charge is -2.41. The van der Waals surface area contributed by atoms with Gasteiger partial charge in [0.05, 0.1) is 54.9 Å². The second-order valence-corrected chi connectivity index (χ2v) is 9.56. The predicted octanol–water partition coefficient (Wildman–Crippen LogP) is 3.15. The number of allylic oxidation sites excluding steroid dienone is 1. The van der Waals surface area contributed by atoms with Crippen molar-refractivity contribution in [3.05, 3.63) is 53.5 Å². The van der Waals surface area contributed by atoms with E-state index in [9.17, 15) is 18.0 Å². The van der Waals surface area contributed by atoms with Crippen molar-refractivity contribution in [3.8, 4) is 11.3 Å². The van der Waals surface area contributed by atoms with Crippen molar-refractivity contribution in [2.75, 3.05) is 31.6 Å². The van der Waals surface area contributed by atoms with Gasteiger partial charge >= 0.3 is 12.2 Å². The van der Waals surface area contributed by atoms with Crippen LogP contribution in [0.1, 0.15) is 31.9 Å². The molecule has 13 heteroatoms. The Morgan fingerprint density at radius 2 is 2.03 bits per heavy atom. The fraction of sp³-hybridized carbons (Fsp3) is 0.440. The number of nitrogens with zero attached hydrogens (tertiary/aromatic N) is 4. The number of halogens is 3. The van der Waals surface area contributed by atoms with Crippen LogP contribution in [0.5, 0.6) is 0 Å². The molecular formula is C25H32F3N7O3. The van der Waals surface area contributed by atoms with Gasteiger partial charge in [-0.25, -0.2) is 14.8 Å². The lowest BCUT2D eigenvalue weighted by Crippen LogP contribution is -2.59. The molecule has 10 nitrogen and oxygen atoms in total. The minimum Gasteiger partial charge on any atom is -0.403 e. The number of nitrogens with one attached hydrogen (secondary N) is 2. The molecule has 2 aromatic rings. The molecule has 0 unspecified atom stereocenters. The fourth-order valence-electron chi connectivity index (χ4n) is 3.66. The van der Waals surface area contributed by atoms with E-state index in [4.69, 9.17) is 15.6 Å². The number of nitrogens with two attached hydrogens (primary N) is 1. The van der Waals surface area contributed by atoms with Crippen molar-refractivity contribution < 1.29 is 27.8 Å². The molecule has 5 N–H and O–H groups in total. The summed E-state index contributed by atoms with van der Waals surface area (Å²) in [6.45, 7) is 6.27. The number of aliphatic hydroxyl groups excluding tert-OH is 1. The molecule has 0 saturated carbocycles. The van der Waals surface area contributed by atoms with Crippen LogP contribution >= 0.6 is 0 Å². The van der Waals surface area contributed by atoms with Crippen LogP contribution in [0.25, 0.3) is 11.3 Å². The number of alkyl halides is 3. The summed E-state index contributed by atoms with van der Waals surface area (Å²) in [5.74, 6) is 0.0999. The summed E-state index contributed by atoms with van der Waals surface area (Å²) in [7, 11) is 0. The summed E-state index contributed by atoms with van der Waals surface area (Å²) in [6, 6.07) is 4.85. The molecule has 0 aliphatic carbocycles. The van der Waals surface area contributed by atoms with Crippen LogP contribution in [0.3, 0.4) is 0 Å². The standard InChI is InChI=1S/C25H32F3N7O3/c1-24(2,3)38-19-14-35(15-19)23(37)32-12-17-5-4-16(10-20(17)25(26,27)28)21-6-7-31-22(34-21)33-18(11-29)13-30-8-9-36/h4-7,10-11,13,19,36H,8-9,12,14-15,29H2,1-3H3,(H,32,37)(H,31,33,34)/b18-11+,30-13?. The first-order valence-electron chi connectivity index (χ1n) is 11.9. The first-order chi connectivity index (χ1) is 17.9. The first kappa shape index (κ1) is 28.9. The van der Waals surface area contributed by atoms with Gasteiger partial charge < -0.3 is 31.1 Å². The van der Waals surface area contributed by atoms with E-state index >= 15 is 0 Å². The number of aliphatic hydroxyl groups is 1. The highest BCUT2D eigenvalue weighted by Crippen LogP contribution is 2.35. The summed E-state index contributed by atoms with van der Waals surface area (Å²) in [4.78, 5) is 26.2. The van der Waals surface area contributed by atoms with Crippen LogP contribution in [0, 0.1) is 0 Å². The number of rotatable bonds is 9. The van der Waals surface area contributed by atoms with Crippen molar-refractivity contribution in [2.24, 2.45) is 10.7 Å². The average Bonchev–Trinajstić information content (AvgIpc) is 2.83. The Labute approximate surface area is 218 Å². The van der Waals surface area contributed by atoms with Gasteiger partial charge in [0.15, 0.2) is 0 Å². The van der Waals surface area contributed by atoms with E-state index in [0.29, 0.717) is 18.8 Å². The average molecular weight is 536 g/mol. The Hall–Kier alpha value is -3.71. The molecule has 206 valence electrons. The topological polar surface area (TPSA) is 138 Å². The fourth-order valence-corrected chi connectivity index (χ4v) is 3.66. The van der Waals surface area contributed by atoms with Gasteiger partial charge in [0.2, 0.25) is 5.95 Å². The van der Waals surface area contributed by atoms with Gasteiger partial charge in [-0.15, -0.1) is 0 Å². The smallest absolute Gasteiger partial charge is 0.403 e. The van der Waals surface area contributed by atoms with E-state index in [-0.39, 0.29) is 54.2 Å². The molecule has 1 saturated heterocycles. The van der Waals surface area contributed by atoms with Crippen LogP contribution < -0.4 is 16.4 Å². The second kappa shape index (κ2) is 12.2. The highest BCUT2D eigenvalue weighted by atomic mass is 19.4. The second-order valence-electron chi connectivity index (χ2n) is 9.56. The van der Waals surface area contributed by atoms with Crippen molar-refractivity contribution >= 4 is 18.2 Å². The lowest BCUT2D eigenvalue weighted by molar-refractivity contribution is -0.138. The molecule has 38 heavy (non-hydrogen) atoms. The third-order valence-electron chi connectivity index (χ3n) is 5.35. The SMILES string of the molecule is CC(C)(C)OC1CN(C(=O)NCc2ccc(-c3ccnc(N/C(C=NCCO)=C/N)n3)cc2C(F)(F)F)C1. The van der Waals surface area contributed by atoms with Crippen LogP contribution in [-0.4, -0.2) is 70.2 Å². The van der Waals surface area contributed by atoms with Gasteiger partial charge in [-0.05, 0) is 38.5 Å². The van der Waals surface area contributed by atoms with E-state index in [2.05, 4.69) is 25.6 Å². The number of anilines is 1. The minimum absolute atomic E-state index is 0.0709. The summed E-state index contributed by atoms with van der Waals surface area (Å²) >= 11 is 0. The number of carbonyl (C=O) groups is 1. The first-order valence-corrected chi connectivity index (χ1v) is 11.9. The molecule has 1 fully saturated rings. The van der Waals surface area contributed by atoms with Crippen molar-refractivity contribution in [1.29, 1.82) is 0 Å². The Bertz CT molecular complexity index is 1170. The number of urea groups is 1. The highest BCUT2D eigenvalue weighted by Gasteiger charge is 2.36. The number of aromatic nitrogens is 2. The number of hydrogen-bond donors (Lipinski definition) is 4. The van der Waals surface area contributed by atoms with Gasteiger partial charge in [0, 0.05) is 30.7 Å². The van der Waals surface area contributed by atoms with Crippen molar-refractivity contribution in [1.82, 2.24) is 20.2 Å². The third kappa shape index (κ3) is 8.15. The molecule has 0 spiro atoms. The number of carbonyl (C=O) groups excluding carboxylic acids is 1. The Morgan fingerprint density at radius 3 is 2.66 bits per heavy atom. The van der Waals surface area contributed by atoms with Crippen LogP contribution in [-0.2, 0) is 17.5 Å². The van der Waals surface area contributed by atoms with E-state index in [1.54, 1.807) is 0 Å². The zero-order chi connectivity index (χ0) is 27.9. The van der Waals surface area contributed by atoms with Gasteiger partial charge in [0.25, 0.3) is 0 Å². The molecular weight excluding hydrogens is 503 g/mol. The number of likely N-dealkylation sites (tertiary alicyclic amines) is 1. The highest BCUT2D eigenvalue weighted by molar-refractivity contribution is 5.82. The van der Waals surface area contributed by atoms with Crippen molar-refractivity contribution in [2.45, 2.75) is 45.2 Å². The van der Waals surface area contributed by atoms with Gasteiger partial charge in [-0.2, -0.15) is 13.2 Å². The number of amides is 2. The van der Waals surface area contributed by atoms with Crippen LogP contribution in [0.15, 0.2) is 47.4 Å². The molecule has 3 rings (SSSR count). The number of aliphatic imine (C=N–C) groups is 1. The largest absolute Gasteiger partial charge is 0.416 e.